The fourth-order valence-electron chi connectivity index (χ4n) is 8.95. The van der Waals surface area contributed by atoms with E-state index in [0.29, 0.717) is 98.9 Å². The van der Waals surface area contributed by atoms with Crippen molar-refractivity contribution in [1.29, 1.82) is 0 Å². The summed E-state index contributed by atoms with van der Waals surface area (Å²) in [6, 6.07) is 7.57. The van der Waals surface area contributed by atoms with Crippen molar-refractivity contribution in [2.45, 2.75) is 120 Å². The summed E-state index contributed by atoms with van der Waals surface area (Å²) in [5, 5.41) is 37.1. The topological polar surface area (TPSA) is 155 Å². The Labute approximate surface area is 290 Å². The first-order chi connectivity index (χ1) is 23.6. The molecule has 0 radical (unpaired) electrons. The van der Waals surface area contributed by atoms with Gasteiger partial charge in [-0.2, -0.15) is 0 Å². The zero-order valence-electron chi connectivity index (χ0n) is 28.8. The van der Waals surface area contributed by atoms with Gasteiger partial charge in [0.15, 0.2) is 17.3 Å². The molecule has 3 fully saturated rings. The minimum atomic E-state index is -1.11. The molecule has 9 heteroatoms. The predicted molar refractivity (Wildman–Crippen MR) is 188 cm³/mol. The standard InChI is InChI=1S/C40H53N3O6/c1-49-36-21-29-7-11-37(47)40(15-12-25(19-38(40)48)2-3-27-18-30-6-10-32(45)22-34(30)43-24-27)16-13-28(33(29)23-35(36)46)5-9-31(44)8-4-26-14-17-42-39(41)20-26/h14,17,20-21,23,25,27-28,30-31,34,38,43-44,46,48H,2-12,15,18-19,22,24H2,1H3,(H2,41,42)/t25-,27-,28-,30+,31+,34+,38+,40-/m0/s1. The molecular weight excluding hydrogens is 618 g/mol. The number of aryl methyl sites for hydroxylation is 2. The summed E-state index contributed by atoms with van der Waals surface area (Å²) < 4.78 is 5.41. The normalized spacial score (nSPS) is 30.6. The van der Waals surface area contributed by atoms with Gasteiger partial charge in [-0.05, 0) is 136 Å². The van der Waals surface area contributed by atoms with Gasteiger partial charge in [0, 0.05) is 37.4 Å². The number of anilines is 1. The van der Waals surface area contributed by atoms with Crippen LogP contribution in [0.3, 0.4) is 0 Å². The number of Topliss-reactive ketones (excluding diaryl/α,β-unsaturated/α-hetero) is 2. The molecule has 0 amide bonds. The average Bonchev–Trinajstić information content (AvgIpc) is 3.14. The number of phenols is 1. The molecular formula is C40H53N3O6. The quantitative estimate of drug-likeness (QED) is 0.219. The van der Waals surface area contributed by atoms with Gasteiger partial charge in [-0.1, -0.05) is 18.3 Å². The second-order valence-electron chi connectivity index (χ2n) is 15.2. The van der Waals surface area contributed by atoms with E-state index in [0.717, 1.165) is 48.9 Å². The van der Waals surface area contributed by atoms with Gasteiger partial charge in [0.25, 0.3) is 0 Å². The molecule has 0 bridgehead atoms. The lowest BCUT2D eigenvalue weighted by Gasteiger charge is -2.42. The third-order valence-corrected chi connectivity index (χ3v) is 12.0. The highest BCUT2D eigenvalue weighted by atomic mass is 16.5. The number of nitrogens with two attached hydrogens (primary N) is 1. The van der Waals surface area contributed by atoms with Gasteiger partial charge in [0.1, 0.15) is 17.0 Å². The summed E-state index contributed by atoms with van der Waals surface area (Å²) in [4.78, 5) is 29.9. The molecule has 3 aliphatic carbocycles. The number of aliphatic hydroxyl groups excluding tert-OH is 2. The Morgan fingerprint density at radius 1 is 1.08 bits per heavy atom. The summed E-state index contributed by atoms with van der Waals surface area (Å²) in [5.41, 5.74) is 7.47. The number of nitrogen functional groups attached to an aromatic ring is 1. The third-order valence-electron chi connectivity index (χ3n) is 12.0. The molecule has 2 aromatic rings. The molecule has 1 saturated heterocycles. The largest absolute Gasteiger partial charge is 0.504 e. The molecule has 1 aromatic heterocycles. The van der Waals surface area contributed by atoms with Gasteiger partial charge in [0.05, 0.1) is 19.3 Å². The van der Waals surface area contributed by atoms with Gasteiger partial charge in [-0.15, -0.1) is 0 Å². The van der Waals surface area contributed by atoms with Crippen LogP contribution in [0.15, 0.2) is 30.5 Å². The van der Waals surface area contributed by atoms with Crippen molar-refractivity contribution in [1.82, 2.24) is 10.3 Å². The number of aliphatic hydroxyl groups is 2. The number of aromatic nitrogens is 1. The second kappa shape index (κ2) is 15.6. The Morgan fingerprint density at radius 3 is 2.71 bits per heavy atom. The van der Waals surface area contributed by atoms with Crippen molar-refractivity contribution >= 4 is 17.4 Å². The average molecular weight is 672 g/mol. The molecule has 1 aliphatic heterocycles. The van der Waals surface area contributed by atoms with Crippen LogP contribution >= 0.6 is 0 Å². The number of methoxy groups -OCH3 is 1. The highest BCUT2D eigenvalue weighted by Crippen LogP contribution is 2.45. The molecule has 2 saturated carbocycles. The van der Waals surface area contributed by atoms with Crippen LogP contribution in [0.25, 0.3) is 0 Å². The number of carbonyl (C=O) groups excluding carboxylic acids is 2. The van der Waals surface area contributed by atoms with Crippen LogP contribution in [0.5, 0.6) is 11.5 Å². The Morgan fingerprint density at radius 2 is 1.92 bits per heavy atom. The molecule has 4 aliphatic rings. The third kappa shape index (κ3) is 8.30. The number of fused-ring (bicyclic) bond motifs is 2. The molecule has 9 nitrogen and oxygen atoms in total. The molecule has 6 rings (SSSR count). The van der Waals surface area contributed by atoms with Crippen molar-refractivity contribution < 1.29 is 29.6 Å². The van der Waals surface area contributed by atoms with Gasteiger partial charge in [-0.25, -0.2) is 4.98 Å². The number of hydrogen-bond acceptors (Lipinski definition) is 9. The Kier molecular flexibility index (Phi) is 11.3. The van der Waals surface area contributed by atoms with Crippen LogP contribution in [0.4, 0.5) is 5.82 Å². The maximum atomic E-state index is 14.0. The molecule has 8 atom stereocenters. The number of phenolic OH excluding ortho intramolecular Hbond substituents is 1. The summed E-state index contributed by atoms with van der Waals surface area (Å²) in [6.45, 7) is 0.951. The number of ketones is 2. The molecule has 264 valence electrons. The van der Waals surface area contributed by atoms with Crippen LogP contribution in [0.2, 0.25) is 0 Å². The molecule has 1 aromatic carbocycles. The second-order valence-corrected chi connectivity index (χ2v) is 15.2. The molecule has 49 heavy (non-hydrogen) atoms. The number of benzene rings is 1. The fraction of sp³-hybridized carbons (Fsp3) is 0.625. The molecule has 6 N–H and O–H groups in total. The summed E-state index contributed by atoms with van der Waals surface area (Å²) in [5.74, 6) is 9.15. The van der Waals surface area contributed by atoms with E-state index in [1.807, 2.05) is 12.1 Å². The van der Waals surface area contributed by atoms with Gasteiger partial charge >= 0.3 is 0 Å². The van der Waals surface area contributed by atoms with Crippen molar-refractivity contribution in [2.75, 3.05) is 19.4 Å². The lowest BCUT2D eigenvalue weighted by atomic mass is 9.64. The minimum Gasteiger partial charge on any atom is -0.504 e. The highest BCUT2D eigenvalue weighted by molar-refractivity contribution is 5.89. The van der Waals surface area contributed by atoms with Gasteiger partial charge in [-0.3, -0.25) is 9.59 Å². The maximum absolute atomic E-state index is 14.0. The van der Waals surface area contributed by atoms with E-state index in [1.165, 1.54) is 13.5 Å². The van der Waals surface area contributed by atoms with Gasteiger partial charge in [0.2, 0.25) is 0 Å². The van der Waals surface area contributed by atoms with E-state index in [-0.39, 0.29) is 23.9 Å². The SMILES string of the molecule is COc1cc2c(cc1O)[C@@H](CC[C@H](O)CCc1ccnc(N)c1)C#C[C@@]1(CC[C@H](CC[C@@H]3CN[C@@H]4CC(=O)CC[C@@H]4C3)C[C@H]1O)C(=O)CC2. The number of ether oxygens (including phenoxy) is 1. The van der Waals surface area contributed by atoms with Crippen molar-refractivity contribution in [2.24, 2.45) is 23.2 Å². The number of nitrogens with one attached hydrogen (secondary N) is 1. The van der Waals surface area contributed by atoms with Crippen LogP contribution in [0, 0.1) is 35.0 Å². The van der Waals surface area contributed by atoms with Crippen LogP contribution in [-0.2, 0) is 22.4 Å². The smallest absolute Gasteiger partial charge is 0.160 e. The van der Waals surface area contributed by atoms with Crippen molar-refractivity contribution in [3.63, 3.8) is 0 Å². The monoisotopic (exact) mass is 671 g/mol. The molecule has 2 heterocycles. The van der Waals surface area contributed by atoms with E-state index in [4.69, 9.17) is 10.5 Å². The number of pyridine rings is 1. The summed E-state index contributed by atoms with van der Waals surface area (Å²) >= 11 is 0. The number of rotatable bonds is 10. The van der Waals surface area contributed by atoms with Crippen LogP contribution < -0.4 is 15.8 Å². The first kappa shape index (κ1) is 35.4. The molecule has 1 spiro atoms. The van der Waals surface area contributed by atoms with Crippen molar-refractivity contribution in [3.8, 4) is 23.3 Å². The van der Waals surface area contributed by atoms with E-state index in [9.17, 15) is 24.9 Å². The van der Waals surface area contributed by atoms with Gasteiger partial charge < -0.3 is 31.1 Å². The minimum absolute atomic E-state index is 0.0179. The summed E-state index contributed by atoms with van der Waals surface area (Å²) in [7, 11) is 1.51. The Hall–Kier alpha value is -3.45. The van der Waals surface area contributed by atoms with E-state index < -0.39 is 17.6 Å². The Bertz CT molecular complexity index is 1570. The van der Waals surface area contributed by atoms with E-state index >= 15 is 0 Å². The van der Waals surface area contributed by atoms with E-state index in [1.54, 1.807) is 18.3 Å². The number of piperidine rings is 1. The number of carbonyl (C=O) groups is 2. The highest BCUT2D eigenvalue weighted by Gasteiger charge is 2.47. The number of aromatic hydroxyl groups is 1. The lowest BCUT2D eigenvalue weighted by Crippen LogP contribution is -2.49. The fourth-order valence-corrected chi connectivity index (χ4v) is 8.95. The number of nitrogens with zero attached hydrogens (tertiary/aromatic N) is 1. The number of hydrogen-bond donors (Lipinski definition) is 5. The van der Waals surface area contributed by atoms with Crippen LogP contribution in [-0.4, -0.2) is 63.8 Å². The van der Waals surface area contributed by atoms with E-state index in [2.05, 4.69) is 22.1 Å². The summed E-state index contributed by atoms with van der Waals surface area (Å²) in [6.07, 6.45) is 10.8. The van der Waals surface area contributed by atoms with Crippen molar-refractivity contribution in [3.05, 3.63) is 47.2 Å². The lowest BCUT2D eigenvalue weighted by molar-refractivity contribution is -0.134. The first-order valence-corrected chi connectivity index (χ1v) is 18.4. The maximum Gasteiger partial charge on any atom is 0.160 e. The zero-order chi connectivity index (χ0) is 34.5. The Balaban J connectivity index is 1.13. The zero-order valence-corrected chi connectivity index (χ0v) is 28.8. The first-order valence-electron chi connectivity index (χ1n) is 18.4. The van der Waals surface area contributed by atoms with Crippen LogP contribution in [0.1, 0.15) is 106 Å². The predicted octanol–water partition coefficient (Wildman–Crippen LogP) is 5.03. The molecule has 0 unspecified atom stereocenters.